The monoisotopic (exact) mass is 390 g/mol. The van der Waals surface area contributed by atoms with Gasteiger partial charge in [-0.1, -0.05) is 62.2 Å². The normalized spacial score (nSPS) is 22.2. The minimum Gasteiger partial charge on any atom is -0.368 e. The van der Waals surface area contributed by atoms with Crippen molar-refractivity contribution < 1.29 is 0 Å². The number of rotatable bonds is 8. The zero-order valence-corrected chi connectivity index (χ0v) is 18.2. The Kier molecular flexibility index (Phi) is 7.27. The van der Waals surface area contributed by atoms with Crippen LogP contribution in [0.5, 0.6) is 0 Å². The predicted molar refractivity (Wildman–Crippen MR) is 125 cm³/mol. The van der Waals surface area contributed by atoms with E-state index in [9.17, 15) is 0 Å². The molecule has 0 saturated carbocycles. The van der Waals surface area contributed by atoms with Gasteiger partial charge in [-0.15, -0.1) is 0 Å². The summed E-state index contributed by atoms with van der Waals surface area (Å²) >= 11 is 0. The highest BCUT2D eigenvalue weighted by atomic mass is 15.2. The molecule has 2 heteroatoms. The van der Waals surface area contributed by atoms with Crippen LogP contribution in [0, 0.1) is 0 Å². The second-order valence-corrected chi connectivity index (χ2v) is 9.02. The summed E-state index contributed by atoms with van der Waals surface area (Å²) in [7, 11) is 0. The number of benzene rings is 2. The first-order valence-corrected chi connectivity index (χ1v) is 12.0. The minimum absolute atomic E-state index is 0.625. The van der Waals surface area contributed by atoms with Gasteiger partial charge in [-0.25, -0.2) is 0 Å². The maximum Gasteiger partial charge on any atom is 0.0368 e. The number of hydrogen-bond donors (Lipinski definition) is 0. The average molecular weight is 391 g/mol. The first kappa shape index (κ1) is 20.5. The van der Waals surface area contributed by atoms with Gasteiger partial charge in [-0.2, -0.15) is 0 Å². The van der Waals surface area contributed by atoms with Gasteiger partial charge in [-0.3, -0.25) is 0 Å². The van der Waals surface area contributed by atoms with Gasteiger partial charge >= 0.3 is 0 Å². The van der Waals surface area contributed by atoms with E-state index in [0.717, 1.165) is 6.04 Å². The van der Waals surface area contributed by atoms with Gasteiger partial charge in [0.1, 0.15) is 0 Å². The molecule has 2 aromatic rings. The Hall–Kier alpha value is -1.80. The third-order valence-electron chi connectivity index (χ3n) is 7.10. The fourth-order valence-corrected chi connectivity index (χ4v) is 5.42. The highest BCUT2D eigenvalue weighted by molar-refractivity contribution is 5.48. The van der Waals surface area contributed by atoms with E-state index >= 15 is 0 Å². The van der Waals surface area contributed by atoms with Crippen LogP contribution in [0.4, 0.5) is 5.69 Å². The molecule has 0 radical (unpaired) electrons. The smallest absolute Gasteiger partial charge is 0.0368 e. The van der Waals surface area contributed by atoms with E-state index in [1.165, 1.54) is 83.1 Å². The molecule has 1 fully saturated rings. The maximum absolute atomic E-state index is 2.80. The molecule has 2 aliphatic rings. The summed E-state index contributed by atoms with van der Waals surface area (Å²) in [6.07, 6.45) is 11.8. The Morgan fingerprint density at radius 2 is 1.72 bits per heavy atom. The molecule has 0 amide bonds. The number of hydrogen-bond acceptors (Lipinski definition) is 2. The SMILES string of the molecule is CCCCN1CCCCC1CCN(c1ccccc1)C1CCc2ccccc2C1. The number of likely N-dealkylation sites (tertiary alicyclic amines) is 1. The molecule has 2 aromatic carbocycles. The summed E-state index contributed by atoms with van der Waals surface area (Å²) in [5, 5.41) is 0. The van der Waals surface area contributed by atoms with Crippen molar-refractivity contribution in [3.05, 3.63) is 65.7 Å². The zero-order chi connectivity index (χ0) is 19.9. The van der Waals surface area contributed by atoms with Gasteiger partial charge in [0.2, 0.25) is 0 Å². The van der Waals surface area contributed by atoms with Crippen molar-refractivity contribution in [2.75, 3.05) is 24.5 Å². The Labute approximate surface area is 177 Å². The van der Waals surface area contributed by atoms with Crippen LogP contribution in [0.15, 0.2) is 54.6 Å². The van der Waals surface area contributed by atoms with Crippen molar-refractivity contribution >= 4 is 5.69 Å². The van der Waals surface area contributed by atoms with Crippen LogP contribution in [-0.4, -0.2) is 36.6 Å². The fraction of sp³-hybridized carbons (Fsp3) is 0.556. The van der Waals surface area contributed by atoms with E-state index in [0.29, 0.717) is 6.04 Å². The van der Waals surface area contributed by atoms with Crippen LogP contribution in [-0.2, 0) is 12.8 Å². The van der Waals surface area contributed by atoms with Crippen LogP contribution >= 0.6 is 0 Å². The molecule has 1 saturated heterocycles. The summed E-state index contributed by atoms with van der Waals surface area (Å²) < 4.78 is 0. The quantitative estimate of drug-likeness (QED) is 0.538. The number of para-hydroxylation sites is 1. The van der Waals surface area contributed by atoms with Crippen molar-refractivity contribution in [3.8, 4) is 0 Å². The molecule has 156 valence electrons. The van der Waals surface area contributed by atoms with E-state index in [1.807, 2.05) is 0 Å². The standard InChI is InChI=1S/C27H38N2/c1-2-3-19-28-20-10-9-13-25(28)18-21-29(26-14-5-4-6-15-26)27-17-16-23-11-7-8-12-24(23)22-27/h4-8,11-12,14-15,25,27H,2-3,9-10,13,16-22H2,1H3. The minimum atomic E-state index is 0.625. The number of anilines is 1. The molecule has 0 aromatic heterocycles. The van der Waals surface area contributed by atoms with Crippen molar-refractivity contribution in [2.45, 2.75) is 76.8 Å². The maximum atomic E-state index is 2.80. The molecule has 2 unspecified atom stereocenters. The lowest BCUT2D eigenvalue weighted by molar-refractivity contribution is 0.139. The molecule has 0 N–H and O–H groups in total. The Balaban J connectivity index is 1.47. The first-order valence-electron chi connectivity index (χ1n) is 12.0. The fourth-order valence-electron chi connectivity index (χ4n) is 5.42. The molecule has 1 aliphatic heterocycles. The first-order chi connectivity index (χ1) is 14.3. The molecule has 2 atom stereocenters. The lowest BCUT2D eigenvalue weighted by atomic mass is 9.87. The van der Waals surface area contributed by atoms with Crippen molar-refractivity contribution in [1.82, 2.24) is 4.90 Å². The van der Waals surface area contributed by atoms with E-state index in [4.69, 9.17) is 0 Å². The van der Waals surface area contributed by atoms with Crippen LogP contribution in [0.2, 0.25) is 0 Å². The molecule has 1 heterocycles. The predicted octanol–water partition coefficient (Wildman–Crippen LogP) is 6.10. The summed E-state index contributed by atoms with van der Waals surface area (Å²) in [6, 6.07) is 21.7. The lowest BCUT2D eigenvalue weighted by Gasteiger charge is -2.40. The molecule has 29 heavy (non-hydrogen) atoms. The van der Waals surface area contributed by atoms with Crippen LogP contribution < -0.4 is 4.90 Å². The number of unbranched alkanes of at least 4 members (excludes halogenated alkanes) is 1. The lowest BCUT2D eigenvalue weighted by Crippen LogP contribution is -2.45. The van der Waals surface area contributed by atoms with E-state index < -0.39 is 0 Å². The van der Waals surface area contributed by atoms with E-state index in [-0.39, 0.29) is 0 Å². The Morgan fingerprint density at radius 3 is 2.55 bits per heavy atom. The van der Waals surface area contributed by atoms with Gasteiger partial charge in [0, 0.05) is 24.3 Å². The Bertz CT molecular complexity index is 741. The van der Waals surface area contributed by atoms with Gasteiger partial charge in [0.05, 0.1) is 0 Å². The largest absolute Gasteiger partial charge is 0.368 e. The molecular weight excluding hydrogens is 352 g/mol. The molecule has 0 bridgehead atoms. The van der Waals surface area contributed by atoms with Crippen LogP contribution in [0.3, 0.4) is 0 Å². The Morgan fingerprint density at radius 1 is 0.931 bits per heavy atom. The zero-order valence-electron chi connectivity index (χ0n) is 18.2. The average Bonchev–Trinajstić information content (AvgIpc) is 2.79. The third kappa shape index (κ3) is 5.22. The number of piperidine rings is 1. The topological polar surface area (TPSA) is 6.48 Å². The molecule has 2 nitrogen and oxygen atoms in total. The van der Waals surface area contributed by atoms with Crippen LogP contribution in [0.1, 0.15) is 63.0 Å². The highest BCUT2D eigenvalue weighted by Crippen LogP contribution is 2.29. The number of aryl methyl sites for hydroxylation is 1. The second-order valence-electron chi connectivity index (χ2n) is 9.02. The third-order valence-corrected chi connectivity index (χ3v) is 7.10. The van der Waals surface area contributed by atoms with E-state index in [1.54, 1.807) is 11.1 Å². The molecule has 4 rings (SSSR count). The molecular formula is C27H38N2. The molecule has 0 spiro atoms. The van der Waals surface area contributed by atoms with Crippen molar-refractivity contribution in [1.29, 1.82) is 0 Å². The van der Waals surface area contributed by atoms with Crippen molar-refractivity contribution in [3.63, 3.8) is 0 Å². The second kappa shape index (κ2) is 10.3. The summed E-state index contributed by atoms with van der Waals surface area (Å²) in [4.78, 5) is 5.54. The van der Waals surface area contributed by atoms with Crippen molar-refractivity contribution in [2.24, 2.45) is 0 Å². The molecule has 1 aliphatic carbocycles. The van der Waals surface area contributed by atoms with Gasteiger partial charge < -0.3 is 9.80 Å². The van der Waals surface area contributed by atoms with Crippen LogP contribution in [0.25, 0.3) is 0 Å². The van der Waals surface area contributed by atoms with E-state index in [2.05, 4.69) is 71.3 Å². The highest BCUT2D eigenvalue weighted by Gasteiger charge is 2.27. The summed E-state index contributed by atoms with van der Waals surface area (Å²) in [5.41, 5.74) is 4.54. The summed E-state index contributed by atoms with van der Waals surface area (Å²) in [5.74, 6) is 0. The van der Waals surface area contributed by atoms with Gasteiger partial charge in [0.25, 0.3) is 0 Å². The summed E-state index contributed by atoms with van der Waals surface area (Å²) in [6.45, 7) is 6.11. The number of fused-ring (bicyclic) bond motifs is 1. The van der Waals surface area contributed by atoms with Gasteiger partial charge in [-0.05, 0) is 81.3 Å². The van der Waals surface area contributed by atoms with Gasteiger partial charge in [0.15, 0.2) is 0 Å². The number of nitrogens with zero attached hydrogens (tertiary/aromatic N) is 2.